The topological polar surface area (TPSA) is 73.9 Å². The predicted molar refractivity (Wildman–Crippen MR) is 97.0 cm³/mol. The number of amides is 1. The van der Waals surface area contributed by atoms with Crippen LogP contribution >= 0.6 is 0 Å². The zero-order valence-corrected chi connectivity index (χ0v) is 14.9. The van der Waals surface area contributed by atoms with E-state index in [9.17, 15) is 9.59 Å². The molecule has 0 aliphatic carbocycles. The van der Waals surface area contributed by atoms with Gasteiger partial charge < -0.3 is 19.5 Å². The van der Waals surface area contributed by atoms with Crippen molar-refractivity contribution in [3.63, 3.8) is 0 Å². The van der Waals surface area contributed by atoms with Gasteiger partial charge in [-0.25, -0.2) is 4.79 Å². The monoisotopic (exact) mass is 357 g/mol. The van der Waals surface area contributed by atoms with Crippen LogP contribution in [-0.4, -0.2) is 38.3 Å². The van der Waals surface area contributed by atoms with E-state index >= 15 is 0 Å². The van der Waals surface area contributed by atoms with Crippen molar-refractivity contribution >= 4 is 11.9 Å². The third-order valence-corrected chi connectivity index (χ3v) is 3.59. The predicted octanol–water partition coefficient (Wildman–Crippen LogP) is 2.57. The first kappa shape index (κ1) is 19.5. The lowest BCUT2D eigenvalue weighted by Crippen LogP contribution is -2.27. The molecule has 138 valence electrons. The highest BCUT2D eigenvalue weighted by Crippen LogP contribution is 2.14. The maximum absolute atomic E-state index is 12.2. The summed E-state index contributed by atoms with van der Waals surface area (Å²) in [5.41, 5.74) is 1.55. The van der Waals surface area contributed by atoms with E-state index in [1.54, 1.807) is 31.2 Å². The van der Waals surface area contributed by atoms with Crippen molar-refractivity contribution < 1.29 is 23.8 Å². The molecule has 1 N–H and O–H groups in total. The molecule has 0 spiro atoms. The first-order valence-electron chi connectivity index (χ1n) is 8.34. The van der Waals surface area contributed by atoms with Gasteiger partial charge in [-0.15, -0.1) is 0 Å². The average molecular weight is 357 g/mol. The first-order valence-corrected chi connectivity index (χ1v) is 8.34. The largest absolute Gasteiger partial charge is 0.479 e. The van der Waals surface area contributed by atoms with Crippen LogP contribution in [0.25, 0.3) is 0 Å². The molecule has 0 saturated carbocycles. The molecule has 0 heterocycles. The summed E-state index contributed by atoms with van der Waals surface area (Å²) in [5.74, 6) is -0.153. The Morgan fingerprint density at radius 1 is 1.00 bits per heavy atom. The summed E-state index contributed by atoms with van der Waals surface area (Å²) < 4.78 is 15.3. The summed E-state index contributed by atoms with van der Waals surface area (Å²) >= 11 is 0. The van der Waals surface area contributed by atoms with Gasteiger partial charge in [-0.3, -0.25) is 4.79 Å². The van der Waals surface area contributed by atoms with Gasteiger partial charge in [-0.1, -0.05) is 30.3 Å². The fraction of sp³-hybridized carbons (Fsp3) is 0.300. The molecule has 0 aliphatic heterocycles. The van der Waals surface area contributed by atoms with Crippen molar-refractivity contribution in [2.24, 2.45) is 0 Å². The Kier molecular flexibility index (Phi) is 7.64. The van der Waals surface area contributed by atoms with Crippen LogP contribution in [0.15, 0.2) is 54.6 Å². The molecule has 2 rings (SSSR count). The Bertz CT molecular complexity index is 700. The van der Waals surface area contributed by atoms with Crippen molar-refractivity contribution in [1.29, 1.82) is 0 Å². The lowest BCUT2D eigenvalue weighted by Gasteiger charge is -2.14. The zero-order valence-electron chi connectivity index (χ0n) is 14.9. The molecule has 1 atom stereocenters. The number of hydrogen-bond donors (Lipinski definition) is 1. The second-order valence-electron chi connectivity index (χ2n) is 5.61. The summed E-state index contributed by atoms with van der Waals surface area (Å²) in [6.45, 7) is 2.59. The summed E-state index contributed by atoms with van der Waals surface area (Å²) in [4.78, 5) is 23.9. The van der Waals surface area contributed by atoms with Crippen LogP contribution in [0.5, 0.6) is 5.75 Å². The highest BCUT2D eigenvalue weighted by Gasteiger charge is 2.16. The molecule has 1 amide bonds. The molecule has 26 heavy (non-hydrogen) atoms. The van der Waals surface area contributed by atoms with E-state index in [0.29, 0.717) is 24.5 Å². The number of hydrogen-bond acceptors (Lipinski definition) is 5. The van der Waals surface area contributed by atoms with E-state index < -0.39 is 12.1 Å². The standard InChI is InChI=1S/C20H23NO5/c1-15(20(23)25-13-12-24-2)26-18-10-8-17(9-11-18)19(22)21-14-16-6-4-3-5-7-16/h3-11,15H,12-14H2,1-2H3,(H,21,22). The van der Waals surface area contributed by atoms with Crippen LogP contribution in [-0.2, 0) is 20.8 Å². The van der Waals surface area contributed by atoms with Gasteiger partial charge in [-0.2, -0.15) is 0 Å². The number of esters is 1. The van der Waals surface area contributed by atoms with Gasteiger partial charge >= 0.3 is 5.97 Å². The number of carbonyl (C=O) groups excluding carboxylic acids is 2. The van der Waals surface area contributed by atoms with Gasteiger partial charge in [0.25, 0.3) is 5.91 Å². The molecule has 1 unspecified atom stereocenters. The van der Waals surface area contributed by atoms with E-state index in [0.717, 1.165) is 5.56 Å². The van der Waals surface area contributed by atoms with Gasteiger partial charge in [-0.05, 0) is 36.8 Å². The minimum absolute atomic E-state index is 0.174. The van der Waals surface area contributed by atoms with Crippen LogP contribution in [0, 0.1) is 0 Å². The van der Waals surface area contributed by atoms with Gasteiger partial charge in [0.1, 0.15) is 12.4 Å². The maximum Gasteiger partial charge on any atom is 0.347 e. The molecular weight excluding hydrogens is 334 g/mol. The normalized spacial score (nSPS) is 11.5. The van der Waals surface area contributed by atoms with E-state index in [2.05, 4.69) is 5.32 Å². The van der Waals surface area contributed by atoms with Crippen LogP contribution in [0.1, 0.15) is 22.8 Å². The molecule has 0 fully saturated rings. The van der Waals surface area contributed by atoms with Crippen LogP contribution < -0.4 is 10.1 Å². The maximum atomic E-state index is 12.2. The molecule has 0 radical (unpaired) electrons. The minimum atomic E-state index is -0.746. The Morgan fingerprint density at radius 3 is 2.35 bits per heavy atom. The lowest BCUT2D eigenvalue weighted by molar-refractivity contribution is -0.152. The van der Waals surface area contributed by atoms with Crippen LogP contribution in [0.3, 0.4) is 0 Å². The molecule has 6 heteroatoms. The summed E-state index contributed by atoms with van der Waals surface area (Å²) in [6.07, 6.45) is -0.746. The number of benzene rings is 2. The van der Waals surface area contributed by atoms with E-state index in [1.165, 1.54) is 7.11 Å². The quantitative estimate of drug-likeness (QED) is 0.551. The van der Waals surface area contributed by atoms with E-state index in [4.69, 9.17) is 14.2 Å². The SMILES string of the molecule is COCCOC(=O)C(C)Oc1ccc(C(=O)NCc2ccccc2)cc1. The Hall–Kier alpha value is -2.86. The van der Waals surface area contributed by atoms with Gasteiger partial charge in [0.05, 0.1) is 6.61 Å². The minimum Gasteiger partial charge on any atom is -0.479 e. The van der Waals surface area contributed by atoms with Crippen molar-refractivity contribution in [2.75, 3.05) is 20.3 Å². The van der Waals surface area contributed by atoms with Crippen LogP contribution in [0.4, 0.5) is 0 Å². The highest BCUT2D eigenvalue weighted by molar-refractivity contribution is 5.94. The molecule has 0 saturated heterocycles. The highest BCUT2D eigenvalue weighted by atomic mass is 16.6. The number of rotatable bonds is 9. The van der Waals surface area contributed by atoms with Crippen molar-refractivity contribution in [3.8, 4) is 5.75 Å². The van der Waals surface area contributed by atoms with Crippen molar-refractivity contribution in [1.82, 2.24) is 5.32 Å². The summed E-state index contributed by atoms with van der Waals surface area (Å²) in [7, 11) is 1.53. The molecular formula is C20H23NO5. The smallest absolute Gasteiger partial charge is 0.347 e. The average Bonchev–Trinajstić information content (AvgIpc) is 2.67. The fourth-order valence-electron chi connectivity index (χ4n) is 2.16. The van der Waals surface area contributed by atoms with Crippen LogP contribution in [0.2, 0.25) is 0 Å². The van der Waals surface area contributed by atoms with E-state index in [1.807, 2.05) is 30.3 Å². The number of nitrogens with one attached hydrogen (secondary N) is 1. The third kappa shape index (κ3) is 6.22. The molecule has 0 bridgehead atoms. The third-order valence-electron chi connectivity index (χ3n) is 3.59. The number of ether oxygens (including phenoxy) is 3. The van der Waals surface area contributed by atoms with Crippen molar-refractivity contribution in [3.05, 3.63) is 65.7 Å². The van der Waals surface area contributed by atoms with Gasteiger partial charge in [0.15, 0.2) is 6.10 Å². The van der Waals surface area contributed by atoms with Crippen molar-refractivity contribution in [2.45, 2.75) is 19.6 Å². The second-order valence-corrected chi connectivity index (χ2v) is 5.61. The van der Waals surface area contributed by atoms with Gasteiger partial charge in [0, 0.05) is 19.2 Å². The van der Waals surface area contributed by atoms with E-state index in [-0.39, 0.29) is 12.5 Å². The molecule has 6 nitrogen and oxygen atoms in total. The Morgan fingerprint density at radius 2 is 1.69 bits per heavy atom. The zero-order chi connectivity index (χ0) is 18.8. The van der Waals surface area contributed by atoms with Gasteiger partial charge in [0.2, 0.25) is 0 Å². The molecule has 0 aliphatic rings. The molecule has 2 aromatic rings. The summed E-state index contributed by atoms with van der Waals surface area (Å²) in [5, 5.41) is 2.86. The molecule has 0 aromatic heterocycles. The number of methoxy groups -OCH3 is 1. The Labute approximate surface area is 153 Å². The molecule has 2 aromatic carbocycles. The Balaban J connectivity index is 1.83. The second kappa shape index (κ2) is 10.2. The number of carbonyl (C=O) groups is 2. The lowest BCUT2D eigenvalue weighted by atomic mass is 10.2. The first-order chi connectivity index (χ1) is 12.6. The summed E-state index contributed by atoms with van der Waals surface area (Å²) in [6, 6.07) is 16.3. The fourth-order valence-corrected chi connectivity index (χ4v) is 2.16.